The Labute approximate surface area is 193 Å². The fraction of sp³-hybridized carbons (Fsp3) is 0.375. The normalized spacial score (nSPS) is 15.7. The monoisotopic (exact) mass is 452 g/mol. The third-order valence-corrected chi connectivity index (χ3v) is 6.26. The second-order valence-corrected chi connectivity index (χ2v) is 8.36. The van der Waals surface area contributed by atoms with Crippen LogP contribution in [0.1, 0.15) is 36.4 Å². The number of benzene rings is 2. The average molecular weight is 453 g/mol. The van der Waals surface area contributed by atoms with Crippen LogP contribution < -0.4 is 9.47 Å². The van der Waals surface area contributed by atoms with Gasteiger partial charge in [0.25, 0.3) is 0 Å². The Kier molecular flexibility index (Phi) is 6.60. The molecule has 1 N–H and O–H groups in total. The first-order valence-corrected chi connectivity index (χ1v) is 11.2. The van der Waals surface area contributed by atoms with Crippen LogP contribution in [0.15, 0.2) is 42.5 Å². The van der Waals surface area contributed by atoms with Crippen molar-refractivity contribution in [2.75, 3.05) is 20.8 Å². The molecule has 1 aromatic heterocycles. The SMILES string of the molecule is COc1ccc(OC)c(C2CCCN2C(=O)CCn2c(-c3cccc(C)c3)n[nH]c2=S)c1. The van der Waals surface area contributed by atoms with E-state index in [0.717, 1.165) is 53.4 Å². The maximum absolute atomic E-state index is 13.3. The molecule has 32 heavy (non-hydrogen) atoms. The molecule has 0 saturated carbocycles. The fourth-order valence-electron chi connectivity index (χ4n) is 4.37. The van der Waals surface area contributed by atoms with Crippen molar-refractivity contribution in [3.8, 4) is 22.9 Å². The molecule has 7 nitrogen and oxygen atoms in total. The number of carbonyl (C=O) groups is 1. The van der Waals surface area contributed by atoms with Crippen LogP contribution in [0.4, 0.5) is 0 Å². The molecule has 1 atom stereocenters. The molecule has 1 amide bonds. The molecule has 1 unspecified atom stereocenters. The van der Waals surface area contributed by atoms with Gasteiger partial charge in [0.2, 0.25) is 5.91 Å². The Morgan fingerprint density at radius 1 is 1.22 bits per heavy atom. The van der Waals surface area contributed by atoms with Crippen molar-refractivity contribution in [1.82, 2.24) is 19.7 Å². The first kappa shape index (κ1) is 22.1. The second kappa shape index (κ2) is 9.56. The highest BCUT2D eigenvalue weighted by atomic mass is 32.1. The zero-order chi connectivity index (χ0) is 22.7. The standard InChI is InChI=1S/C24H28N4O3S/c1-16-6-4-7-17(14-16)23-25-26-24(32)28(23)13-11-22(29)27-12-5-8-20(27)19-15-18(30-2)9-10-21(19)31-3/h4,6-7,9-10,14-15,20H,5,8,11-13H2,1-3H3,(H,26,32). The summed E-state index contributed by atoms with van der Waals surface area (Å²) in [5.74, 6) is 2.37. The predicted molar refractivity (Wildman–Crippen MR) is 125 cm³/mol. The summed E-state index contributed by atoms with van der Waals surface area (Å²) >= 11 is 5.44. The average Bonchev–Trinajstić information content (AvgIpc) is 3.44. The van der Waals surface area contributed by atoms with Gasteiger partial charge in [-0.2, -0.15) is 5.10 Å². The Bertz CT molecular complexity index is 1170. The Balaban J connectivity index is 1.53. The van der Waals surface area contributed by atoms with E-state index in [1.807, 2.05) is 52.8 Å². The molecule has 1 saturated heterocycles. The summed E-state index contributed by atoms with van der Waals surface area (Å²) in [5.41, 5.74) is 3.11. The summed E-state index contributed by atoms with van der Waals surface area (Å²) in [6.07, 6.45) is 2.20. The molecule has 8 heteroatoms. The number of aromatic amines is 1. The zero-order valence-corrected chi connectivity index (χ0v) is 19.4. The van der Waals surface area contributed by atoms with Crippen molar-refractivity contribution in [3.05, 3.63) is 58.4 Å². The Morgan fingerprint density at radius 2 is 2.06 bits per heavy atom. The van der Waals surface area contributed by atoms with Crippen molar-refractivity contribution in [1.29, 1.82) is 0 Å². The molecule has 3 aromatic rings. The maximum atomic E-state index is 13.3. The number of nitrogens with zero attached hydrogens (tertiary/aromatic N) is 3. The van der Waals surface area contributed by atoms with Gasteiger partial charge in [-0.15, -0.1) is 0 Å². The number of aromatic nitrogens is 3. The van der Waals surface area contributed by atoms with Crippen molar-refractivity contribution >= 4 is 18.1 Å². The van der Waals surface area contributed by atoms with E-state index >= 15 is 0 Å². The summed E-state index contributed by atoms with van der Waals surface area (Å²) in [4.78, 5) is 15.2. The van der Waals surface area contributed by atoms with Gasteiger partial charge in [-0.25, -0.2) is 0 Å². The molecule has 0 radical (unpaired) electrons. The van der Waals surface area contributed by atoms with Gasteiger partial charge in [0, 0.05) is 30.6 Å². The molecule has 1 aliphatic heterocycles. The van der Waals surface area contributed by atoms with Crippen LogP contribution in [0.2, 0.25) is 0 Å². The molecule has 2 aromatic carbocycles. The molecule has 0 aliphatic carbocycles. The predicted octanol–water partition coefficient (Wildman–Crippen LogP) is 4.69. The highest BCUT2D eigenvalue weighted by molar-refractivity contribution is 7.71. The van der Waals surface area contributed by atoms with Crippen molar-refractivity contribution < 1.29 is 14.3 Å². The summed E-state index contributed by atoms with van der Waals surface area (Å²) in [6.45, 7) is 3.24. The van der Waals surface area contributed by atoms with Crippen LogP contribution >= 0.6 is 12.2 Å². The second-order valence-electron chi connectivity index (χ2n) is 7.98. The number of rotatable bonds is 7. The van der Waals surface area contributed by atoms with Crippen molar-refractivity contribution in [2.24, 2.45) is 0 Å². The van der Waals surface area contributed by atoms with Crippen LogP contribution in [0.5, 0.6) is 11.5 Å². The number of ether oxygens (including phenoxy) is 2. The topological polar surface area (TPSA) is 72.4 Å². The number of likely N-dealkylation sites (tertiary alicyclic amines) is 1. The van der Waals surface area contributed by atoms with Gasteiger partial charge in [-0.3, -0.25) is 14.5 Å². The highest BCUT2D eigenvalue weighted by Crippen LogP contribution is 2.39. The number of H-pyrrole nitrogens is 1. The van der Waals surface area contributed by atoms with Gasteiger partial charge in [-0.05, 0) is 56.2 Å². The number of nitrogens with one attached hydrogen (secondary N) is 1. The molecule has 168 valence electrons. The number of carbonyl (C=O) groups excluding carboxylic acids is 1. The molecule has 0 spiro atoms. The molecular formula is C24H28N4O3S. The lowest BCUT2D eigenvalue weighted by Crippen LogP contribution is -2.31. The Morgan fingerprint density at radius 3 is 2.81 bits per heavy atom. The van der Waals surface area contributed by atoms with E-state index < -0.39 is 0 Å². The molecular weight excluding hydrogens is 424 g/mol. The summed E-state index contributed by atoms with van der Waals surface area (Å²) in [5, 5.41) is 7.27. The van der Waals surface area contributed by atoms with Crippen molar-refractivity contribution in [3.63, 3.8) is 0 Å². The van der Waals surface area contributed by atoms with E-state index in [9.17, 15) is 4.79 Å². The first-order chi connectivity index (χ1) is 15.5. The number of hydrogen-bond acceptors (Lipinski definition) is 5. The van der Waals surface area contributed by atoms with E-state index in [0.29, 0.717) is 17.7 Å². The quantitative estimate of drug-likeness (QED) is 0.527. The van der Waals surface area contributed by atoms with E-state index in [1.54, 1.807) is 14.2 Å². The minimum atomic E-state index is -0.0267. The summed E-state index contributed by atoms with van der Waals surface area (Å²) in [7, 11) is 3.30. The number of hydrogen-bond donors (Lipinski definition) is 1. The zero-order valence-electron chi connectivity index (χ0n) is 18.6. The molecule has 0 bridgehead atoms. The third kappa shape index (κ3) is 4.41. The van der Waals surface area contributed by atoms with Gasteiger partial charge in [0.1, 0.15) is 11.5 Å². The summed E-state index contributed by atoms with van der Waals surface area (Å²) < 4.78 is 13.4. The number of aryl methyl sites for hydroxylation is 1. The fourth-order valence-corrected chi connectivity index (χ4v) is 4.59. The van der Waals surface area contributed by atoms with Crippen LogP contribution in [-0.2, 0) is 11.3 Å². The smallest absolute Gasteiger partial charge is 0.224 e. The number of methoxy groups -OCH3 is 2. The van der Waals surface area contributed by atoms with Gasteiger partial charge < -0.3 is 14.4 Å². The molecule has 2 heterocycles. The van der Waals surface area contributed by atoms with E-state index in [4.69, 9.17) is 21.7 Å². The van der Waals surface area contributed by atoms with Crippen LogP contribution in [-0.4, -0.2) is 46.3 Å². The highest BCUT2D eigenvalue weighted by Gasteiger charge is 2.32. The lowest BCUT2D eigenvalue weighted by atomic mass is 10.0. The van der Waals surface area contributed by atoms with Gasteiger partial charge in [-0.1, -0.05) is 23.8 Å². The maximum Gasteiger partial charge on any atom is 0.224 e. The molecule has 1 aliphatic rings. The molecule has 1 fully saturated rings. The van der Waals surface area contributed by atoms with E-state index in [1.165, 1.54) is 0 Å². The van der Waals surface area contributed by atoms with Crippen LogP contribution in [0.3, 0.4) is 0 Å². The largest absolute Gasteiger partial charge is 0.497 e. The lowest BCUT2D eigenvalue weighted by molar-refractivity contribution is -0.132. The Hall–Kier alpha value is -3.13. The van der Waals surface area contributed by atoms with E-state index in [-0.39, 0.29) is 11.9 Å². The first-order valence-electron chi connectivity index (χ1n) is 10.8. The van der Waals surface area contributed by atoms with Crippen LogP contribution in [0.25, 0.3) is 11.4 Å². The summed E-state index contributed by atoms with van der Waals surface area (Å²) in [6, 6.07) is 13.8. The minimum Gasteiger partial charge on any atom is -0.497 e. The van der Waals surface area contributed by atoms with Gasteiger partial charge in [0.05, 0.1) is 20.3 Å². The molecule has 4 rings (SSSR count). The minimum absolute atomic E-state index is 0.0267. The van der Waals surface area contributed by atoms with Crippen LogP contribution in [0, 0.1) is 11.7 Å². The third-order valence-electron chi connectivity index (χ3n) is 5.95. The lowest BCUT2D eigenvalue weighted by Gasteiger charge is -2.27. The van der Waals surface area contributed by atoms with Gasteiger partial charge in [0.15, 0.2) is 10.6 Å². The number of amides is 1. The van der Waals surface area contributed by atoms with Crippen molar-refractivity contribution in [2.45, 2.75) is 38.8 Å². The van der Waals surface area contributed by atoms with E-state index in [2.05, 4.69) is 16.3 Å². The van der Waals surface area contributed by atoms with Gasteiger partial charge >= 0.3 is 0 Å².